The quantitative estimate of drug-likeness (QED) is 0.873. The lowest BCUT2D eigenvalue weighted by molar-refractivity contribution is -0.123. The summed E-state index contributed by atoms with van der Waals surface area (Å²) >= 11 is 3.11. The van der Waals surface area contributed by atoms with E-state index < -0.39 is 11.9 Å². The summed E-state index contributed by atoms with van der Waals surface area (Å²) in [6.07, 6.45) is 0.845. The molecule has 0 unspecified atom stereocenters. The molecule has 2 amide bonds. The van der Waals surface area contributed by atoms with Gasteiger partial charge in [-0.05, 0) is 48.3 Å². The second kappa shape index (κ2) is 6.58. The van der Waals surface area contributed by atoms with Crippen molar-refractivity contribution in [3.05, 3.63) is 22.6 Å². The lowest BCUT2D eigenvalue weighted by Crippen LogP contribution is -2.47. The first-order valence-corrected chi connectivity index (χ1v) is 6.60. The highest BCUT2D eigenvalue weighted by molar-refractivity contribution is 9.10. The second-order valence-corrected chi connectivity index (χ2v) is 4.90. The molecule has 0 spiro atoms. The van der Waals surface area contributed by atoms with E-state index in [1.807, 2.05) is 13.8 Å². The Balaban J connectivity index is 2.51. The van der Waals surface area contributed by atoms with Crippen LogP contribution in [0.25, 0.3) is 0 Å². The lowest BCUT2D eigenvalue weighted by atomic mass is 10.2. The number of furan rings is 1. The number of hydrogen-bond donors (Lipinski definition) is 2. The minimum Gasteiger partial charge on any atom is -0.444 e. The topological polar surface area (TPSA) is 71.3 Å². The molecule has 0 bridgehead atoms. The molecule has 1 aromatic heterocycles. The molecule has 0 fully saturated rings. The van der Waals surface area contributed by atoms with E-state index in [0.717, 1.165) is 6.42 Å². The highest BCUT2D eigenvalue weighted by atomic mass is 79.9. The molecule has 0 aliphatic heterocycles. The zero-order chi connectivity index (χ0) is 13.7. The van der Waals surface area contributed by atoms with Gasteiger partial charge in [0.25, 0.3) is 5.91 Å². The Morgan fingerprint density at radius 1 is 1.33 bits per heavy atom. The van der Waals surface area contributed by atoms with Crippen molar-refractivity contribution in [2.45, 2.75) is 39.3 Å². The van der Waals surface area contributed by atoms with Crippen molar-refractivity contribution in [2.24, 2.45) is 0 Å². The molecule has 18 heavy (non-hydrogen) atoms. The number of hydrogen-bond acceptors (Lipinski definition) is 3. The average Bonchev–Trinajstić information content (AvgIpc) is 2.75. The van der Waals surface area contributed by atoms with Gasteiger partial charge >= 0.3 is 0 Å². The minimum absolute atomic E-state index is 0.0922. The van der Waals surface area contributed by atoms with Crippen LogP contribution in [-0.4, -0.2) is 23.9 Å². The van der Waals surface area contributed by atoms with Gasteiger partial charge in [0.05, 0.1) is 0 Å². The molecule has 2 N–H and O–H groups in total. The maximum Gasteiger partial charge on any atom is 0.287 e. The zero-order valence-electron chi connectivity index (χ0n) is 10.6. The van der Waals surface area contributed by atoms with Crippen LogP contribution in [-0.2, 0) is 4.79 Å². The fourth-order valence-electron chi connectivity index (χ4n) is 1.24. The predicted molar refractivity (Wildman–Crippen MR) is 71.2 cm³/mol. The standard InChI is InChI=1S/C12H17BrN2O3/c1-4-7(2)14-11(16)8(3)15-12(17)9-5-6-10(13)18-9/h5-8H,4H2,1-3H3,(H,14,16)(H,15,17)/t7-,8-/m0/s1. The number of nitrogens with one attached hydrogen (secondary N) is 2. The number of carbonyl (C=O) groups excluding carboxylic acids is 2. The maximum absolute atomic E-state index is 11.7. The summed E-state index contributed by atoms with van der Waals surface area (Å²) in [6, 6.07) is 2.65. The van der Waals surface area contributed by atoms with Crippen molar-refractivity contribution < 1.29 is 14.0 Å². The van der Waals surface area contributed by atoms with Gasteiger partial charge in [0.15, 0.2) is 10.4 Å². The van der Waals surface area contributed by atoms with Crippen molar-refractivity contribution in [1.82, 2.24) is 10.6 Å². The summed E-state index contributed by atoms with van der Waals surface area (Å²) in [5, 5.41) is 5.37. The zero-order valence-corrected chi connectivity index (χ0v) is 12.2. The number of carbonyl (C=O) groups is 2. The molecule has 5 nitrogen and oxygen atoms in total. The van der Waals surface area contributed by atoms with Crippen molar-refractivity contribution in [1.29, 1.82) is 0 Å². The Hall–Kier alpha value is -1.30. The summed E-state index contributed by atoms with van der Waals surface area (Å²) in [4.78, 5) is 23.4. The summed E-state index contributed by atoms with van der Waals surface area (Å²) in [6.45, 7) is 5.53. The van der Waals surface area contributed by atoms with Crippen LogP contribution in [0.1, 0.15) is 37.7 Å². The molecule has 0 saturated heterocycles. The maximum atomic E-state index is 11.7. The molecule has 100 valence electrons. The van der Waals surface area contributed by atoms with Gasteiger partial charge in [-0.3, -0.25) is 9.59 Å². The first-order chi connectivity index (χ1) is 8.43. The Bertz CT molecular complexity index is 431. The average molecular weight is 317 g/mol. The molecule has 0 aromatic carbocycles. The van der Waals surface area contributed by atoms with E-state index in [1.165, 1.54) is 0 Å². The highest BCUT2D eigenvalue weighted by Crippen LogP contribution is 2.13. The van der Waals surface area contributed by atoms with Crippen LogP contribution in [0.3, 0.4) is 0 Å². The monoisotopic (exact) mass is 316 g/mol. The molecule has 0 radical (unpaired) electrons. The molecule has 0 saturated carbocycles. The predicted octanol–water partition coefficient (Wildman–Crippen LogP) is 2.08. The third-order valence-electron chi connectivity index (χ3n) is 2.54. The molecule has 1 aromatic rings. The molecule has 0 aliphatic rings. The van der Waals surface area contributed by atoms with Crippen LogP contribution >= 0.6 is 15.9 Å². The second-order valence-electron chi connectivity index (χ2n) is 4.12. The van der Waals surface area contributed by atoms with E-state index in [2.05, 4.69) is 26.6 Å². The van der Waals surface area contributed by atoms with Gasteiger partial charge in [0, 0.05) is 6.04 Å². The fraction of sp³-hybridized carbons (Fsp3) is 0.500. The van der Waals surface area contributed by atoms with E-state index in [-0.39, 0.29) is 17.7 Å². The first kappa shape index (κ1) is 14.8. The third kappa shape index (κ3) is 4.18. The summed E-state index contributed by atoms with van der Waals surface area (Å²) in [7, 11) is 0. The number of rotatable bonds is 5. The Labute approximate surface area is 114 Å². The Morgan fingerprint density at radius 3 is 2.50 bits per heavy atom. The van der Waals surface area contributed by atoms with Crippen LogP contribution in [0.15, 0.2) is 21.2 Å². The Kier molecular flexibility index (Phi) is 5.40. The normalized spacial score (nSPS) is 13.8. The van der Waals surface area contributed by atoms with Gasteiger partial charge in [-0.1, -0.05) is 6.92 Å². The molecule has 0 aliphatic carbocycles. The molecular formula is C12H17BrN2O3. The molecule has 2 atom stereocenters. The van der Waals surface area contributed by atoms with Crippen LogP contribution in [0, 0.1) is 0 Å². The van der Waals surface area contributed by atoms with E-state index >= 15 is 0 Å². The van der Waals surface area contributed by atoms with Crippen LogP contribution in [0.4, 0.5) is 0 Å². The van der Waals surface area contributed by atoms with Gasteiger partial charge < -0.3 is 15.1 Å². The van der Waals surface area contributed by atoms with Crippen LogP contribution in [0.5, 0.6) is 0 Å². The molecular weight excluding hydrogens is 300 g/mol. The minimum atomic E-state index is -0.602. The van der Waals surface area contributed by atoms with E-state index in [0.29, 0.717) is 4.67 Å². The van der Waals surface area contributed by atoms with Gasteiger partial charge in [-0.15, -0.1) is 0 Å². The van der Waals surface area contributed by atoms with Crippen molar-refractivity contribution in [3.63, 3.8) is 0 Å². The lowest BCUT2D eigenvalue weighted by Gasteiger charge is -2.16. The fourth-order valence-corrected chi connectivity index (χ4v) is 1.55. The SMILES string of the molecule is CC[C@H](C)NC(=O)[C@H](C)NC(=O)c1ccc(Br)o1. The largest absolute Gasteiger partial charge is 0.444 e. The number of amides is 2. The van der Waals surface area contributed by atoms with Gasteiger partial charge in [-0.25, -0.2) is 0 Å². The Morgan fingerprint density at radius 2 is 2.00 bits per heavy atom. The first-order valence-electron chi connectivity index (χ1n) is 5.80. The molecule has 1 rings (SSSR count). The third-order valence-corrected chi connectivity index (χ3v) is 2.97. The summed E-state index contributed by atoms with van der Waals surface area (Å²) < 4.78 is 5.58. The van der Waals surface area contributed by atoms with Crippen LogP contribution < -0.4 is 10.6 Å². The van der Waals surface area contributed by atoms with E-state index in [4.69, 9.17) is 4.42 Å². The summed E-state index contributed by atoms with van der Waals surface area (Å²) in [5.74, 6) is -0.444. The van der Waals surface area contributed by atoms with Crippen molar-refractivity contribution >= 4 is 27.7 Å². The molecule has 1 heterocycles. The van der Waals surface area contributed by atoms with E-state index in [1.54, 1.807) is 19.1 Å². The van der Waals surface area contributed by atoms with Gasteiger partial charge in [0.2, 0.25) is 5.91 Å². The van der Waals surface area contributed by atoms with Crippen molar-refractivity contribution in [3.8, 4) is 0 Å². The van der Waals surface area contributed by atoms with Crippen molar-refractivity contribution in [2.75, 3.05) is 0 Å². The molecule has 6 heteroatoms. The van der Waals surface area contributed by atoms with Gasteiger partial charge in [0.1, 0.15) is 6.04 Å². The summed E-state index contributed by atoms with van der Waals surface area (Å²) in [5.41, 5.74) is 0. The number of halogens is 1. The highest BCUT2D eigenvalue weighted by Gasteiger charge is 2.19. The smallest absolute Gasteiger partial charge is 0.287 e. The van der Waals surface area contributed by atoms with Gasteiger partial charge in [-0.2, -0.15) is 0 Å². The van der Waals surface area contributed by atoms with Crippen LogP contribution in [0.2, 0.25) is 0 Å². The van der Waals surface area contributed by atoms with E-state index in [9.17, 15) is 9.59 Å².